The van der Waals surface area contributed by atoms with Gasteiger partial charge >= 0.3 is 5.97 Å². The van der Waals surface area contributed by atoms with Crippen LogP contribution in [-0.2, 0) is 9.59 Å². The first kappa shape index (κ1) is 11.3. The fourth-order valence-corrected chi connectivity index (χ4v) is 1.15. The van der Waals surface area contributed by atoms with Crippen LogP contribution in [0.25, 0.3) is 0 Å². The minimum absolute atomic E-state index is 0.00990. The number of hydrogen-bond donors (Lipinski definition) is 2. The Morgan fingerprint density at radius 3 is 2.53 bits per heavy atom. The Hall–Kier alpha value is -1.76. The van der Waals surface area contributed by atoms with Crippen LogP contribution in [-0.4, -0.2) is 26.6 Å². The zero-order chi connectivity index (χ0) is 11.4. The average Bonchev–Trinajstić information content (AvgIpc) is 2.67. The minimum atomic E-state index is -1.11. The van der Waals surface area contributed by atoms with Gasteiger partial charge in [0.05, 0.1) is 5.38 Å². The minimum Gasteiger partial charge on any atom is -0.478 e. The molecule has 15 heavy (non-hydrogen) atoms. The number of rotatable bonds is 3. The predicted molar refractivity (Wildman–Crippen MR) is 54.5 cm³/mol. The molecule has 0 unspecified atom stereocenters. The van der Waals surface area contributed by atoms with Gasteiger partial charge in [0, 0.05) is 11.1 Å². The number of carboxylic acid groups (broad SMARTS) is 1. The third-order valence-electron chi connectivity index (χ3n) is 1.83. The molecule has 7 heteroatoms. The van der Waals surface area contributed by atoms with Crippen LogP contribution >= 0.6 is 11.5 Å². The van der Waals surface area contributed by atoms with E-state index < -0.39 is 11.9 Å². The van der Waals surface area contributed by atoms with Crippen molar-refractivity contribution in [1.29, 1.82) is 0 Å². The van der Waals surface area contributed by atoms with Crippen molar-refractivity contribution in [2.24, 2.45) is 0 Å². The molecule has 0 saturated carbocycles. The number of nitrogens with one attached hydrogen (secondary N) is 1. The Labute approximate surface area is 89.8 Å². The number of carboxylic acids is 1. The van der Waals surface area contributed by atoms with Crippen LogP contribution in [0.2, 0.25) is 0 Å². The summed E-state index contributed by atoms with van der Waals surface area (Å²) in [6.45, 7) is 2.81. The number of carbonyl (C=O) groups excluding carboxylic acids is 1. The number of aliphatic carboxylic acids is 1. The largest absolute Gasteiger partial charge is 0.478 e. The Kier molecular flexibility index (Phi) is 3.51. The van der Waals surface area contributed by atoms with Gasteiger partial charge < -0.3 is 10.4 Å². The van der Waals surface area contributed by atoms with Crippen molar-refractivity contribution in [1.82, 2.24) is 9.59 Å². The highest BCUT2D eigenvalue weighted by molar-refractivity contribution is 7.03. The van der Waals surface area contributed by atoms with E-state index in [-0.39, 0.29) is 11.1 Å². The summed E-state index contributed by atoms with van der Waals surface area (Å²) in [6, 6.07) is 0. The lowest BCUT2D eigenvalue weighted by Gasteiger charge is -2.03. The quantitative estimate of drug-likeness (QED) is 0.748. The molecule has 0 atom stereocenters. The van der Waals surface area contributed by atoms with Crippen molar-refractivity contribution < 1.29 is 14.7 Å². The Morgan fingerprint density at radius 1 is 1.40 bits per heavy atom. The molecule has 0 aromatic carbocycles. The molecule has 1 aromatic heterocycles. The molecule has 0 saturated heterocycles. The molecule has 0 bridgehead atoms. The molecular weight excluding hydrogens is 218 g/mol. The van der Waals surface area contributed by atoms with Gasteiger partial charge in [0.25, 0.3) is 5.91 Å². The van der Waals surface area contributed by atoms with E-state index in [1.165, 1.54) is 13.8 Å². The van der Waals surface area contributed by atoms with Crippen molar-refractivity contribution in [2.45, 2.75) is 13.8 Å². The third kappa shape index (κ3) is 2.84. The molecule has 0 radical (unpaired) electrons. The number of amides is 1. The molecule has 1 heterocycles. The first-order valence-corrected chi connectivity index (χ1v) is 4.85. The summed E-state index contributed by atoms with van der Waals surface area (Å²) in [7, 11) is 0. The average molecular weight is 227 g/mol. The van der Waals surface area contributed by atoms with Gasteiger partial charge in [-0.3, -0.25) is 4.79 Å². The molecule has 0 spiro atoms. The summed E-state index contributed by atoms with van der Waals surface area (Å²) in [5.41, 5.74) is 0.159. The summed E-state index contributed by atoms with van der Waals surface area (Å²) >= 11 is 1.10. The van der Waals surface area contributed by atoms with Gasteiger partial charge in [-0.1, -0.05) is 4.49 Å². The van der Waals surface area contributed by atoms with Crippen LogP contribution in [0.3, 0.4) is 0 Å². The molecule has 0 aliphatic rings. The van der Waals surface area contributed by atoms with Crippen molar-refractivity contribution in [2.75, 3.05) is 5.32 Å². The van der Waals surface area contributed by atoms with E-state index in [1.807, 2.05) is 0 Å². The lowest BCUT2D eigenvalue weighted by Crippen LogP contribution is -2.16. The van der Waals surface area contributed by atoms with Crippen molar-refractivity contribution in [3.8, 4) is 0 Å². The smallest absolute Gasteiger partial charge is 0.331 e. The van der Waals surface area contributed by atoms with Gasteiger partial charge in [-0.25, -0.2) is 4.79 Å². The maximum absolute atomic E-state index is 11.5. The van der Waals surface area contributed by atoms with Gasteiger partial charge in [0.1, 0.15) is 0 Å². The van der Waals surface area contributed by atoms with E-state index in [9.17, 15) is 9.59 Å². The molecule has 1 aromatic rings. The standard InChI is InChI=1S/C8H9N3O3S/c1-4(5(2)8(13)14)7(12)9-6-3-15-11-10-6/h3H,1-2H3,(H,9,12)(H,13,14)/b5-4-. The van der Waals surface area contributed by atoms with Gasteiger partial charge in [-0.05, 0) is 25.4 Å². The SMILES string of the molecule is C/C(C(=O)O)=C(\C)C(=O)Nc1csnn1. The highest BCUT2D eigenvalue weighted by atomic mass is 32.1. The lowest BCUT2D eigenvalue weighted by atomic mass is 10.1. The summed E-state index contributed by atoms with van der Waals surface area (Å²) in [5, 5.41) is 16.3. The van der Waals surface area contributed by atoms with E-state index in [1.54, 1.807) is 5.38 Å². The molecule has 0 aliphatic heterocycles. The van der Waals surface area contributed by atoms with Crippen LogP contribution in [0.4, 0.5) is 5.82 Å². The monoisotopic (exact) mass is 227 g/mol. The second-order valence-corrected chi connectivity index (χ2v) is 3.41. The van der Waals surface area contributed by atoms with Crippen LogP contribution in [0, 0.1) is 0 Å². The molecule has 80 valence electrons. The summed E-state index contributed by atoms with van der Waals surface area (Å²) in [6.07, 6.45) is 0. The molecule has 2 N–H and O–H groups in total. The van der Waals surface area contributed by atoms with Crippen LogP contribution < -0.4 is 5.32 Å². The first-order valence-electron chi connectivity index (χ1n) is 4.01. The van der Waals surface area contributed by atoms with Gasteiger partial charge in [-0.2, -0.15) is 0 Å². The van der Waals surface area contributed by atoms with Crippen LogP contribution in [0.1, 0.15) is 13.8 Å². The van der Waals surface area contributed by atoms with E-state index in [0.717, 1.165) is 11.5 Å². The second-order valence-electron chi connectivity index (χ2n) is 2.80. The van der Waals surface area contributed by atoms with E-state index >= 15 is 0 Å². The normalized spacial score (nSPS) is 11.9. The number of aromatic nitrogens is 2. The first-order chi connectivity index (χ1) is 7.02. The zero-order valence-electron chi connectivity index (χ0n) is 8.14. The fourth-order valence-electron chi connectivity index (χ4n) is 0.760. The van der Waals surface area contributed by atoms with Gasteiger partial charge in [-0.15, -0.1) is 5.10 Å². The van der Waals surface area contributed by atoms with Crippen LogP contribution in [0.5, 0.6) is 0 Å². The number of carbonyl (C=O) groups is 2. The van der Waals surface area contributed by atoms with Crippen molar-refractivity contribution >= 4 is 29.2 Å². The molecule has 0 fully saturated rings. The Bertz CT molecular complexity index is 411. The predicted octanol–water partition coefficient (Wildman–Crippen LogP) is 0.898. The van der Waals surface area contributed by atoms with E-state index in [2.05, 4.69) is 14.9 Å². The highest BCUT2D eigenvalue weighted by Gasteiger charge is 2.13. The third-order valence-corrected chi connectivity index (χ3v) is 2.33. The number of hydrogen-bond acceptors (Lipinski definition) is 5. The highest BCUT2D eigenvalue weighted by Crippen LogP contribution is 2.09. The summed E-state index contributed by atoms with van der Waals surface area (Å²) in [4.78, 5) is 22.0. The Balaban J connectivity index is 2.78. The molecule has 0 aliphatic carbocycles. The van der Waals surface area contributed by atoms with Crippen molar-refractivity contribution in [3.63, 3.8) is 0 Å². The topological polar surface area (TPSA) is 92.2 Å². The maximum atomic E-state index is 11.5. The molecule has 1 rings (SSSR count). The van der Waals surface area contributed by atoms with E-state index in [4.69, 9.17) is 5.11 Å². The summed E-state index contributed by atoms with van der Waals surface area (Å²) in [5.74, 6) is -1.27. The fraction of sp³-hybridized carbons (Fsp3) is 0.250. The van der Waals surface area contributed by atoms with E-state index in [0.29, 0.717) is 5.82 Å². The zero-order valence-corrected chi connectivity index (χ0v) is 8.96. The molecule has 6 nitrogen and oxygen atoms in total. The summed E-state index contributed by atoms with van der Waals surface area (Å²) < 4.78 is 3.56. The van der Waals surface area contributed by atoms with Crippen LogP contribution in [0.15, 0.2) is 16.5 Å². The maximum Gasteiger partial charge on any atom is 0.331 e. The number of anilines is 1. The lowest BCUT2D eigenvalue weighted by molar-refractivity contribution is -0.133. The second kappa shape index (κ2) is 4.65. The van der Waals surface area contributed by atoms with Crippen molar-refractivity contribution in [3.05, 3.63) is 16.5 Å². The van der Waals surface area contributed by atoms with Gasteiger partial charge in [0.15, 0.2) is 5.82 Å². The molecule has 1 amide bonds. The molecular formula is C8H9N3O3S. The number of nitrogens with zero attached hydrogens (tertiary/aromatic N) is 2. The Morgan fingerprint density at radius 2 is 2.07 bits per heavy atom. The van der Waals surface area contributed by atoms with Gasteiger partial charge in [0.2, 0.25) is 0 Å².